The number of amides is 1. The fraction of sp³-hybridized carbons (Fsp3) is 0.435. The summed E-state index contributed by atoms with van der Waals surface area (Å²) < 4.78 is 10.7. The van der Waals surface area contributed by atoms with Crippen LogP contribution < -0.4 is 14.8 Å². The number of nitrogens with zero attached hydrogens (tertiary/aromatic N) is 2. The zero-order valence-corrected chi connectivity index (χ0v) is 17.6. The van der Waals surface area contributed by atoms with E-state index >= 15 is 0 Å². The van der Waals surface area contributed by atoms with Crippen LogP contribution in [0.1, 0.15) is 24.1 Å². The lowest BCUT2D eigenvalue weighted by Gasteiger charge is -2.34. The van der Waals surface area contributed by atoms with Crippen LogP contribution in [-0.2, 0) is 11.3 Å². The van der Waals surface area contributed by atoms with Crippen LogP contribution in [0.15, 0.2) is 48.5 Å². The molecule has 2 aromatic rings. The van der Waals surface area contributed by atoms with E-state index in [0.717, 1.165) is 49.8 Å². The Kier molecular flexibility index (Phi) is 7.49. The van der Waals surface area contributed by atoms with Crippen LogP contribution in [0.4, 0.5) is 0 Å². The van der Waals surface area contributed by atoms with E-state index in [1.165, 1.54) is 5.56 Å². The first-order valence-corrected chi connectivity index (χ1v) is 10.1. The van der Waals surface area contributed by atoms with Crippen molar-refractivity contribution in [3.05, 3.63) is 59.7 Å². The van der Waals surface area contributed by atoms with Gasteiger partial charge < -0.3 is 14.8 Å². The van der Waals surface area contributed by atoms with Crippen molar-refractivity contribution < 1.29 is 14.3 Å². The summed E-state index contributed by atoms with van der Waals surface area (Å²) in [6, 6.07) is 16.1. The molecule has 0 bridgehead atoms. The Balaban J connectivity index is 1.44. The highest BCUT2D eigenvalue weighted by atomic mass is 16.5. The van der Waals surface area contributed by atoms with Gasteiger partial charge in [-0.1, -0.05) is 36.4 Å². The number of ether oxygens (including phenoxy) is 2. The lowest BCUT2D eigenvalue weighted by atomic mass is 10.1. The van der Waals surface area contributed by atoms with E-state index in [1.54, 1.807) is 14.2 Å². The third kappa shape index (κ3) is 5.95. The van der Waals surface area contributed by atoms with Crippen molar-refractivity contribution in [1.82, 2.24) is 15.1 Å². The zero-order valence-electron chi connectivity index (χ0n) is 17.6. The average molecular weight is 398 g/mol. The maximum absolute atomic E-state index is 12.4. The second-order valence-electron chi connectivity index (χ2n) is 7.44. The molecule has 6 heteroatoms. The summed E-state index contributed by atoms with van der Waals surface area (Å²) in [5.41, 5.74) is 2.33. The predicted molar refractivity (Wildman–Crippen MR) is 114 cm³/mol. The molecule has 2 aromatic carbocycles. The van der Waals surface area contributed by atoms with Crippen molar-refractivity contribution in [2.75, 3.05) is 46.9 Å². The summed E-state index contributed by atoms with van der Waals surface area (Å²) in [4.78, 5) is 17.0. The van der Waals surface area contributed by atoms with Gasteiger partial charge in [-0.15, -0.1) is 0 Å². The summed E-state index contributed by atoms with van der Waals surface area (Å²) >= 11 is 0. The molecule has 3 rings (SSSR count). The summed E-state index contributed by atoms with van der Waals surface area (Å²) in [6.07, 6.45) is 0. The van der Waals surface area contributed by atoms with Gasteiger partial charge in [0, 0.05) is 32.7 Å². The van der Waals surface area contributed by atoms with Crippen LogP contribution >= 0.6 is 0 Å². The van der Waals surface area contributed by atoms with Crippen LogP contribution in [0, 0.1) is 0 Å². The molecule has 1 aliphatic rings. The Morgan fingerprint density at radius 3 is 2.28 bits per heavy atom. The van der Waals surface area contributed by atoms with Gasteiger partial charge in [-0.05, 0) is 30.2 Å². The lowest BCUT2D eigenvalue weighted by molar-refractivity contribution is -0.123. The van der Waals surface area contributed by atoms with E-state index < -0.39 is 0 Å². The molecule has 29 heavy (non-hydrogen) atoms. The van der Waals surface area contributed by atoms with Crippen molar-refractivity contribution in [3.8, 4) is 11.5 Å². The van der Waals surface area contributed by atoms with Crippen LogP contribution in [0.5, 0.6) is 11.5 Å². The zero-order chi connectivity index (χ0) is 20.6. The minimum absolute atomic E-state index is 0.0232. The van der Waals surface area contributed by atoms with E-state index in [4.69, 9.17) is 9.47 Å². The lowest BCUT2D eigenvalue weighted by Crippen LogP contribution is -2.49. The van der Waals surface area contributed by atoms with Crippen LogP contribution in [0.25, 0.3) is 0 Å². The van der Waals surface area contributed by atoms with E-state index in [2.05, 4.69) is 21.2 Å². The van der Waals surface area contributed by atoms with Crippen molar-refractivity contribution in [2.45, 2.75) is 19.5 Å². The molecule has 0 aliphatic carbocycles. The van der Waals surface area contributed by atoms with E-state index in [-0.39, 0.29) is 11.9 Å². The molecule has 156 valence electrons. The van der Waals surface area contributed by atoms with Crippen molar-refractivity contribution in [3.63, 3.8) is 0 Å². The number of nitrogens with one attached hydrogen (secondary N) is 1. The molecule has 1 atom stereocenters. The second kappa shape index (κ2) is 10.3. The molecule has 0 spiro atoms. The van der Waals surface area contributed by atoms with Gasteiger partial charge in [0.25, 0.3) is 0 Å². The van der Waals surface area contributed by atoms with Crippen molar-refractivity contribution in [2.24, 2.45) is 0 Å². The molecule has 6 nitrogen and oxygen atoms in total. The van der Waals surface area contributed by atoms with Gasteiger partial charge in [0.15, 0.2) is 11.5 Å². The Hall–Kier alpha value is -2.57. The molecular weight excluding hydrogens is 366 g/mol. The number of carbonyl (C=O) groups excluding carboxylic acids is 1. The highest BCUT2D eigenvalue weighted by Crippen LogP contribution is 2.28. The molecule has 0 unspecified atom stereocenters. The quantitative estimate of drug-likeness (QED) is 0.742. The number of hydrogen-bond donors (Lipinski definition) is 1. The monoisotopic (exact) mass is 397 g/mol. The molecule has 0 radical (unpaired) electrons. The summed E-state index contributed by atoms with van der Waals surface area (Å²) in [6.45, 7) is 6.99. The molecule has 0 aromatic heterocycles. The van der Waals surface area contributed by atoms with Crippen molar-refractivity contribution >= 4 is 5.91 Å². The third-order valence-electron chi connectivity index (χ3n) is 5.36. The summed E-state index contributed by atoms with van der Waals surface area (Å²) in [7, 11) is 3.30. The van der Waals surface area contributed by atoms with Crippen LogP contribution in [0.2, 0.25) is 0 Å². The minimum atomic E-state index is 0.0232. The highest BCUT2D eigenvalue weighted by Gasteiger charge is 2.20. The van der Waals surface area contributed by atoms with E-state index in [9.17, 15) is 4.79 Å². The Morgan fingerprint density at radius 2 is 1.62 bits per heavy atom. The first-order valence-electron chi connectivity index (χ1n) is 10.1. The van der Waals surface area contributed by atoms with Gasteiger partial charge in [-0.2, -0.15) is 0 Å². The highest BCUT2D eigenvalue weighted by molar-refractivity contribution is 5.78. The van der Waals surface area contributed by atoms with Crippen molar-refractivity contribution in [1.29, 1.82) is 0 Å². The third-order valence-corrected chi connectivity index (χ3v) is 5.36. The van der Waals surface area contributed by atoms with E-state index in [0.29, 0.717) is 6.54 Å². The van der Waals surface area contributed by atoms with Crippen LogP contribution in [0.3, 0.4) is 0 Å². The predicted octanol–water partition coefficient (Wildman–Crippen LogP) is 2.70. The summed E-state index contributed by atoms with van der Waals surface area (Å²) in [5, 5.41) is 3.10. The molecule has 1 fully saturated rings. The number of rotatable bonds is 8. The Bertz CT molecular complexity index is 789. The fourth-order valence-corrected chi connectivity index (χ4v) is 3.66. The van der Waals surface area contributed by atoms with Gasteiger partial charge >= 0.3 is 0 Å². The minimum Gasteiger partial charge on any atom is -0.493 e. The number of piperazine rings is 1. The Labute approximate surface area is 173 Å². The van der Waals surface area contributed by atoms with Gasteiger partial charge in [-0.25, -0.2) is 0 Å². The fourth-order valence-electron chi connectivity index (χ4n) is 3.66. The molecule has 1 heterocycles. The number of methoxy groups -OCH3 is 2. The molecule has 0 saturated carbocycles. The SMILES string of the molecule is COc1ccc(CN2CCN(CC(=O)N[C@H](C)c3ccccc3)CC2)cc1OC. The van der Waals surface area contributed by atoms with Gasteiger partial charge in [0.05, 0.1) is 26.8 Å². The molecule has 1 N–H and O–H groups in total. The number of carbonyl (C=O) groups is 1. The smallest absolute Gasteiger partial charge is 0.234 e. The molecule has 1 amide bonds. The molecule has 1 aliphatic heterocycles. The van der Waals surface area contributed by atoms with Gasteiger partial charge in [0.1, 0.15) is 0 Å². The first kappa shape index (κ1) is 21.1. The average Bonchev–Trinajstić information content (AvgIpc) is 2.75. The van der Waals surface area contributed by atoms with Gasteiger partial charge in [0.2, 0.25) is 5.91 Å². The topological polar surface area (TPSA) is 54.0 Å². The maximum Gasteiger partial charge on any atom is 0.234 e. The second-order valence-corrected chi connectivity index (χ2v) is 7.44. The molecule has 1 saturated heterocycles. The molecular formula is C23H31N3O3. The van der Waals surface area contributed by atoms with Gasteiger partial charge in [-0.3, -0.25) is 14.6 Å². The standard InChI is InChI=1S/C23H31N3O3/c1-18(20-7-5-4-6-8-20)24-23(27)17-26-13-11-25(12-14-26)16-19-9-10-21(28-2)22(15-19)29-3/h4-10,15,18H,11-14,16-17H2,1-3H3,(H,24,27)/t18-/m1/s1. The normalized spacial score (nSPS) is 16.2. The maximum atomic E-state index is 12.4. The summed E-state index contributed by atoms with van der Waals surface area (Å²) in [5.74, 6) is 1.58. The van der Waals surface area contributed by atoms with Crippen LogP contribution in [-0.4, -0.2) is 62.7 Å². The number of hydrogen-bond acceptors (Lipinski definition) is 5. The Morgan fingerprint density at radius 1 is 0.966 bits per heavy atom. The van der Waals surface area contributed by atoms with E-state index in [1.807, 2.05) is 49.4 Å². The first-order chi connectivity index (χ1) is 14.1. The number of benzene rings is 2. The largest absolute Gasteiger partial charge is 0.493 e.